The Hall–Kier alpha value is 0.0500. The first-order valence-electron chi connectivity index (χ1n) is 3.75. The number of hydrogen-bond donors (Lipinski definition) is 1. The van der Waals surface area contributed by atoms with Crippen molar-refractivity contribution in [2.45, 2.75) is 24.6 Å². The first-order valence-corrected chi connectivity index (χ1v) is 4.26. The van der Waals surface area contributed by atoms with Gasteiger partial charge in [-0.15, -0.1) is 0 Å². The summed E-state index contributed by atoms with van der Waals surface area (Å²) >= 11 is 4.43. The molecule has 2 atom stereocenters. The van der Waals surface area contributed by atoms with Crippen molar-refractivity contribution in [3.05, 3.63) is 12.2 Å². The molecule has 2 unspecified atom stereocenters. The molecule has 0 spiro atoms. The van der Waals surface area contributed by atoms with Crippen molar-refractivity contribution in [2.24, 2.45) is 0 Å². The van der Waals surface area contributed by atoms with E-state index in [0.29, 0.717) is 11.3 Å². The Balaban J connectivity index is 2.46. The van der Waals surface area contributed by atoms with Crippen molar-refractivity contribution in [1.82, 2.24) is 4.90 Å². The van der Waals surface area contributed by atoms with E-state index < -0.39 is 0 Å². The Morgan fingerprint density at radius 2 is 2.30 bits per heavy atom. The number of hydrogen-bond acceptors (Lipinski definition) is 2. The zero-order valence-electron chi connectivity index (χ0n) is 6.62. The largest absolute Gasteiger partial charge is 0.299 e. The van der Waals surface area contributed by atoms with Crippen molar-refractivity contribution in [2.75, 3.05) is 13.6 Å². The number of nitrogens with zero attached hydrogens (tertiary/aromatic N) is 1. The van der Waals surface area contributed by atoms with E-state index in [1.165, 1.54) is 6.42 Å². The molecule has 1 nitrogen and oxygen atoms in total. The van der Waals surface area contributed by atoms with Gasteiger partial charge in [-0.05, 0) is 20.4 Å². The first kappa shape index (κ1) is 8.15. The minimum Gasteiger partial charge on any atom is -0.299 e. The van der Waals surface area contributed by atoms with E-state index in [9.17, 15) is 0 Å². The molecular formula is C8H15NS. The Morgan fingerprint density at radius 3 is 2.70 bits per heavy atom. The number of allylic oxidation sites excluding steroid dienone is 1. The SMILES string of the molecule is CC=CC1CC(S)CN1C. The lowest BCUT2D eigenvalue weighted by Crippen LogP contribution is -2.22. The second-order valence-corrected chi connectivity index (χ2v) is 3.65. The molecule has 1 saturated heterocycles. The lowest BCUT2D eigenvalue weighted by atomic mass is 10.2. The normalized spacial score (nSPS) is 35.9. The van der Waals surface area contributed by atoms with Gasteiger partial charge in [0.15, 0.2) is 0 Å². The fraction of sp³-hybridized carbons (Fsp3) is 0.750. The van der Waals surface area contributed by atoms with Crippen LogP contribution in [-0.4, -0.2) is 29.8 Å². The van der Waals surface area contributed by atoms with Gasteiger partial charge in [-0.1, -0.05) is 12.2 Å². The van der Waals surface area contributed by atoms with Gasteiger partial charge in [0.25, 0.3) is 0 Å². The van der Waals surface area contributed by atoms with E-state index in [4.69, 9.17) is 0 Å². The summed E-state index contributed by atoms with van der Waals surface area (Å²) < 4.78 is 0. The number of likely N-dealkylation sites (tertiary alicyclic amines) is 1. The molecular weight excluding hydrogens is 142 g/mol. The van der Waals surface area contributed by atoms with Gasteiger partial charge >= 0.3 is 0 Å². The van der Waals surface area contributed by atoms with Crippen LogP contribution in [0.2, 0.25) is 0 Å². The molecule has 1 heterocycles. The minimum absolute atomic E-state index is 0.575. The second kappa shape index (κ2) is 3.44. The van der Waals surface area contributed by atoms with Crippen LogP contribution in [0.1, 0.15) is 13.3 Å². The fourth-order valence-electron chi connectivity index (χ4n) is 1.45. The highest BCUT2D eigenvalue weighted by Crippen LogP contribution is 2.20. The third-order valence-electron chi connectivity index (χ3n) is 1.99. The number of thiol groups is 1. The quantitative estimate of drug-likeness (QED) is 0.446. The summed E-state index contributed by atoms with van der Waals surface area (Å²) in [5.41, 5.74) is 0. The van der Waals surface area contributed by atoms with Crippen LogP contribution in [0.5, 0.6) is 0 Å². The van der Waals surface area contributed by atoms with E-state index in [-0.39, 0.29) is 0 Å². The van der Waals surface area contributed by atoms with Gasteiger partial charge in [0.05, 0.1) is 0 Å². The van der Waals surface area contributed by atoms with Crippen LogP contribution >= 0.6 is 12.6 Å². The van der Waals surface area contributed by atoms with Crippen LogP contribution in [0.3, 0.4) is 0 Å². The van der Waals surface area contributed by atoms with Gasteiger partial charge in [-0.25, -0.2) is 0 Å². The maximum absolute atomic E-state index is 4.43. The minimum atomic E-state index is 0.575. The van der Waals surface area contributed by atoms with E-state index in [1.807, 2.05) is 0 Å². The third-order valence-corrected chi connectivity index (χ3v) is 2.37. The maximum atomic E-state index is 4.43. The van der Waals surface area contributed by atoms with Crippen LogP contribution in [0, 0.1) is 0 Å². The lowest BCUT2D eigenvalue weighted by molar-refractivity contribution is 0.357. The van der Waals surface area contributed by atoms with Crippen molar-refractivity contribution < 1.29 is 0 Å². The molecule has 0 radical (unpaired) electrons. The predicted octanol–water partition coefficient (Wildman–Crippen LogP) is 1.56. The molecule has 0 saturated carbocycles. The molecule has 1 aliphatic heterocycles. The summed E-state index contributed by atoms with van der Waals surface area (Å²) in [6.07, 6.45) is 5.56. The van der Waals surface area contributed by atoms with Gasteiger partial charge in [0, 0.05) is 17.8 Å². The highest BCUT2D eigenvalue weighted by atomic mass is 32.1. The topological polar surface area (TPSA) is 3.24 Å². The molecule has 2 heteroatoms. The van der Waals surface area contributed by atoms with Crippen LogP contribution in [-0.2, 0) is 0 Å². The monoisotopic (exact) mass is 157 g/mol. The van der Waals surface area contributed by atoms with Crippen LogP contribution in [0.25, 0.3) is 0 Å². The molecule has 1 rings (SSSR count). The average Bonchev–Trinajstić information content (AvgIpc) is 2.13. The standard InChI is InChI=1S/C8H15NS/c1-3-4-7-5-8(10)6-9(7)2/h3-4,7-8,10H,5-6H2,1-2H3. The summed E-state index contributed by atoms with van der Waals surface area (Å²) in [6, 6.07) is 0.632. The van der Waals surface area contributed by atoms with Gasteiger partial charge in [0.2, 0.25) is 0 Å². The van der Waals surface area contributed by atoms with E-state index in [0.717, 1.165) is 6.54 Å². The summed E-state index contributed by atoms with van der Waals surface area (Å²) in [5, 5.41) is 0.575. The van der Waals surface area contributed by atoms with Crippen LogP contribution in [0.15, 0.2) is 12.2 Å². The third kappa shape index (κ3) is 1.77. The average molecular weight is 157 g/mol. The molecule has 0 aliphatic carbocycles. The van der Waals surface area contributed by atoms with E-state index in [1.54, 1.807) is 0 Å². The highest BCUT2D eigenvalue weighted by molar-refractivity contribution is 7.81. The predicted molar refractivity (Wildman–Crippen MR) is 48.6 cm³/mol. The second-order valence-electron chi connectivity index (χ2n) is 2.92. The Bertz CT molecular complexity index is 133. The fourth-order valence-corrected chi connectivity index (χ4v) is 1.92. The Morgan fingerprint density at radius 1 is 1.60 bits per heavy atom. The van der Waals surface area contributed by atoms with Gasteiger partial charge in [0.1, 0.15) is 0 Å². The zero-order valence-corrected chi connectivity index (χ0v) is 7.51. The van der Waals surface area contributed by atoms with Crippen molar-refractivity contribution in [3.8, 4) is 0 Å². The summed E-state index contributed by atoms with van der Waals surface area (Å²) in [6.45, 7) is 3.19. The molecule has 1 fully saturated rings. The molecule has 0 aromatic heterocycles. The smallest absolute Gasteiger partial charge is 0.0286 e. The summed E-state index contributed by atoms with van der Waals surface area (Å²) in [7, 11) is 2.15. The zero-order chi connectivity index (χ0) is 7.56. The van der Waals surface area contributed by atoms with Crippen molar-refractivity contribution >= 4 is 12.6 Å². The van der Waals surface area contributed by atoms with Crippen LogP contribution < -0.4 is 0 Å². The molecule has 0 N–H and O–H groups in total. The van der Waals surface area contributed by atoms with Gasteiger partial charge in [-0.2, -0.15) is 12.6 Å². The molecule has 0 aromatic carbocycles. The summed E-state index contributed by atoms with van der Waals surface area (Å²) in [4.78, 5) is 2.34. The number of likely N-dealkylation sites (N-methyl/N-ethyl adjacent to an activating group) is 1. The highest BCUT2D eigenvalue weighted by Gasteiger charge is 2.24. The Kier molecular flexibility index (Phi) is 2.81. The van der Waals surface area contributed by atoms with E-state index in [2.05, 4.69) is 43.7 Å². The molecule has 0 amide bonds. The molecule has 1 aliphatic rings. The summed E-state index contributed by atoms with van der Waals surface area (Å²) in [5.74, 6) is 0. The van der Waals surface area contributed by atoms with Crippen molar-refractivity contribution in [3.63, 3.8) is 0 Å². The molecule has 58 valence electrons. The van der Waals surface area contributed by atoms with Crippen LogP contribution in [0.4, 0.5) is 0 Å². The van der Waals surface area contributed by atoms with Gasteiger partial charge < -0.3 is 0 Å². The maximum Gasteiger partial charge on any atom is 0.0286 e. The molecule has 0 bridgehead atoms. The number of rotatable bonds is 1. The van der Waals surface area contributed by atoms with Gasteiger partial charge in [-0.3, -0.25) is 4.90 Å². The molecule has 10 heavy (non-hydrogen) atoms. The lowest BCUT2D eigenvalue weighted by Gasteiger charge is -2.13. The Labute approximate surface area is 68.5 Å². The molecule has 0 aromatic rings. The van der Waals surface area contributed by atoms with Crippen molar-refractivity contribution in [1.29, 1.82) is 0 Å². The first-order chi connectivity index (χ1) is 4.74. The van der Waals surface area contributed by atoms with E-state index >= 15 is 0 Å².